The number of halogens is 1. The molecule has 2 rings (SSSR count). The van der Waals surface area contributed by atoms with Gasteiger partial charge in [-0.05, 0) is 31.4 Å². The summed E-state index contributed by atoms with van der Waals surface area (Å²) in [5.74, 6) is -0.0426. The fourth-order valence-electron chi connectivity index (χ4n) is 2.27. The monoisotopic (exact) mass is 297 g/mol. The molecule has 1 saturated heterocycles. The van der Waals surface area contributed by atoms with E-state index in [1.165, 1.54) is 6.07 Å². The summed E-state index contributed by atoms with van der Waals surface area (Å²) in [4.78, 5) is 24.2. The largest absolute Gasteiger partial charge is 0.371 e. The third-order valence-corrected chi connectivity index (χ3v) is 3.61. The maximum absolute atomic E-state index is 12.0. The molecule has 1 aliphatic rings. The molecule has 20 heavy (non-hydrogen) atoms. The van der Waals surface area contributed by atoms with Crippen molar-refractivity contribution in [3.8, 4) is 0 Å². The highest BCUT2D eigenvalue weighted by atomic mass is 35.5. The Kier molecular flexibility index (Phi) is 4.79. The topological polar surface area (TPSA) is 75.5 Å². The third-order valence-electron chi connectivity index (χ3n) is 3.31. The zero-order valence-corrected chi connectivity index (χ0v) is 11.7. The number of hydrogen-bond acceptors (Lipinski definition) is 4. The molecule has 0 bridgehead atoms. The van der Waals surface area contributed by atoms with Gasteiger partial charge in [-0.25, -0.2) is 0 Å². The molecule has 1 aromatic rings. The van der Waals surface area contributed by atoms with Crippen molar-refractivity contribution in [2.75, 3.05) is 25.0 Å². The Morgan fingerprint density at radius 2 is 2.05 bits per heavy atom. The lowest BCUT2D eigenvalue weighted by Gasteiger charge is -2.26. The van der Waals surface area contributed by atoms with Gasteiger partial charge in [0.05, 0.1) is 11.5 Å². The van der Waals surface area contributed by atoms with E-state index < -0.39 is 4.92 Å². The molecule has 0 radical (unpaired) electrons. The predicted octanol–water partition coefficient (Wildman–Crippen LogP) is 2.67. The molecular weight excluding hydrogens is 282 g/mol. The van der Waals surface area contributed by atoms with Crippen LogP contribution in [-0.4, -0.2) is 35.4 Å². The number of benzene rings is 1. The Bertz CT molecular complexity index is 516. The summed E-state index contributed by atoms with van der Waals surface area (Å²) < 4.78 is 0. The molecule has 108 valence electrons. The summed E-state index contributed by atoms with van der Waals surface area (Å²) in [6, 6.07) is 4.62. The second-order valence-corrected chi connectivity index (χ2v) is 5.10. The second-order valence-electron chi connectivity index (χ2n) is 4.69. The molecule has 1 aromatic carbocycles. The number of nitrogens with zero attached hydrogens (tertiary/aromatic N) is 2. The van der Waals surface area contributed by atoms with E-state index >= 15 is 0 Å². The number of carbonyl (C=O) groups is 1. The first-order valence-electron chi connectivity index (χ1n) is 6.54. The first-order chi connectivity index (χ1) is 9.59. The maximum atomic E-state index is 12.0. The molecule has 7 heteroatoms. The van der Waals surface area contributed by atoms with Gasteiger partial charge < -0.3 is 10.2 Å². The van der Waals surface area contributed by atoms with Crippen LogP contribution in [-0.2, 0) is 4.79 Å². The zero-order valence-electron chi connectivity index (χ0n) is 11.0. The second kappa shape index (κ2) is 6.56. The fourth-order valence-corrected chi connectivity index (χ4v) is 2.51. The number of anilines is 1. The van der Waals surface area contributed by atoms with Crippen molar-refractivity contribution in [1.82, 2.24) is 4.90 Å². The minimum absolute atomic E-state index is 0.0426. The summed E-state index contributed by atoms with van der Waals surface area (Å²) in [6.07, 6.45) is 3.18. The molecule has 0 aliphatic carbocycles. The summed E-state index contributed by atoms with van der Waals surface area (Å²) in [7, 11) is 0. The van der Waals surface area contributed by atoms with Crippen molar-refractivity contribution in [2.24, 2.45) is 0 Å². The van der Waals surface area contributed by atoms with E-state index in [0.29, 0.717) is 0 Å². The van der Waals surface area contributed by atoms with Crippen LogP contribution in [0.15, 0.2) is 18.2 Å². The summed E-state index contributed by atoms with van der Waals surface area (Å²) >= 11 is 5.81. The highest BCUT2D eigenvalue weighted by Gasteiger charge is 2.20. The normalized spacial score (nSPS) is 14.9. The summed E-state index contributed by atoms with van der Waals surface area (Å²) in [5, 5.41) is 13.9. The van der Waals surface area contributed by atoms with Gasteiger partial charge in [0.2, 0.25) is 5.91 Å². The number of rotatable bonds is 4. The van der Waals surface area contributed by atoms with Gasteiger partial charge in [0.25, 0.3) is 0 Å². The molecule has 1 amide bonds. The highest BCUT2D eigenvalue weighted by molar-refractivity contribution is 6.33. The molecule has 0 saturated carbocycles. The number of nitro benzene ring substituents is 1. The molecule has 0 aromatic heterocycles. The quantitative estimate of drug-likeness (QED) is 0.685. The van der Waals surface area contributed by atoms with Crippen LogP contribution in [0.1, 0.15) is 19.3 Å². The van der Waals surface area contributed by atoms with E-state index in [4.69, 9.17) is 11.6 Å². The fraction of sp³-hybridized carbons (Fsp3) is 0.462. The number of likely N-dealkylation sites (tertiary alicyclic amines) is 1. The number of para-hydroxylation sites is 1. The average molecular weight is 298 g/mol. The van der Waals surface area contributed by atoms with Crippen LogP contribution >= 0.6 is 11.6 Å². The number of nitrogens with one attached hydrogen (secondary N) is 1. The van der Waals surface area contributed by atoms with Crippen molar-refractivity contribution in [3.05, 3.63) is 33.3 Å². The maximum Gasteiger partial charge on any atom is 0.310 e. The van der Waals surface area contributed by atoms with Gasteiger partial charge in [-0.15, -0.1) is 0 Å². The minimum Gasteiger partial charge on any atom is -0.371 e. The van der Waals surface area contributed by atoms with Gasteiger partial charge >= 0.3 is 5.69 Å². The van der Waals surface area contributed by atoms with Gasteiger partial charge in [0.1, 0.15) is 10.7 Å². The Hall–Kier alpha value is -1.82. The van der Waals surface area contributed by atoms with E-state index in [1.807, 2.05) is 0 Å². The van der Waals surface area contributed by atoms with Gasteiger partial charge in [-0.3, -0.25) is 14.9 Å². The number of nitro groups is 1. The average Bonchev–Trinajstić information content (AvgIpc) is 2.45. The number of carbonyl (C=O) groups excluding carboxylic acids is 1. The van der Waals surface area contributed by atoms with Crippen molar-refractivity contribution in [3.63, 3.8) is 0 Å². The minimum atomic E-state index is -0.546. The van der Waals surface area contributed by atoms with Gasteiger partial charge in [0.15, 0.2) is 0 Å². The molecule has 0 spiro atoms. The van der Waals surface area contributed by atoms with Crippen LogP contribution in [0, 0.1) is 10.1 Å². The van der Waals surface area contributed by atoms with Crippen molar-refractivity contribution in [2.45, 2.75) is 19.3 Å². The first kappa shape index (κ1) is 14.6. The van der Waals surface area contributed by atoms with Crippen LogP contribution < -0.4 is 5.32 Å². The molecule has 1 N–H and O–H groups in total. The van der Waals surface area contributed by atoms with Crippen LogP contribution in [0.25, 0.3) is 0 Å². The Morgan fingerprint density at radius 3 is 2.70 bits per heavy atom. The smallest absolute Gasteiger partial charge is 0.310 e. The lowest BCUT2D eigenvalue weighted by molar-refractivity contribution is -0.383. The molecule has 1 heterocycles. The Balaban J connectivity index is 2.02. The van der Waals surface area contributed by atoms with Gasteiger partial charge in [0, 0.05) is 13.1 Å². The van der Waals surface area contributed by atoms with E-state index in [-0.39, 0.29) is 28.8 Å². The third kappa shape index (κ3) is 3.39. The van der Waals surface area contributed by atoms with E-state index in [2.05, 4.69) is 5.32 Å². The number of hydrogen-bond donors (Lipinski definition) is 1. The molecule has 6 nitrogen and oxygen atoms in total. The van der Waals surface area contributed by atoms with Crippen LogP contribution in [0.4, 0.5) is 11.4 Å². The first-order valence-corrected chi connectivity index (χ1v) is 6.92. The Labute approximate surface area is 121 Å². The molecule has 0 atom stereocenters. The molecule has 1 fully saturated rings. The highest BCUT2D eigenvalue weighted by Crippen LogP contribution is 2.32. The Morgan fingerprint density at radius 1 is 1.35 bits per heavy atom. The van der Waals surface area contributed by atoms with Crippen LogP contribution in [0.2, 0.25) is 5.02 Å². The molecule has 1 aliphatic heterocycles. The van der Waals surface area contributed by atoms with Crippen LogP contribution in [0.3, 0.4) is 0 Å². The molecule has 0 unspecified atom stereocenters. The predicted molar refractivity (Wildman–Crippen MR) is 77.0 cm³/mol. The zero-order chi connectivity index (χ0) is 14.5. The lowest BCUT2D eigenvalue weighted by Crippen LogP contribution is -2.39. The lowest BCUT2D eigenvalue weighted by atomic mass is 10.1. The van der Waals surface area contributed by atoms with Crippen molar-refractivity contribution < 1.29 is 9.72 Å². The van der Waals surface area contributed by atoms with Crippen LogP contribution in [0.5, 0.6) is 0 Å². The van der Waals surface area contributed by atoms with Crippen molar-refractivity contribution in [1.29, 1.82) is 0 Å². The summed E-state index contributed by atoms with van der Waals surface area (Å²) in [5.41, 5.74) is 0.0773. The van der Waals surface area contributed by atoms with E-state index in [1.54, 1.807) is 17.0 Å². The molecular formula is C13H16ClN3O3. The van der Waals surface area contributed by atoms with Gasteiger partial charge in [-0.1, -0.05) is 17.7 Å². The van der Waals surface area contributed by atoms with E-state index in [0.717, 1.165) is 32.4 Å². The SMILES string of the molecule is O=C(CNc1cccc(Cl)c1[N+](=O)[O-])N1CCCCC1. The summed E-state index contributed by atoms with van der Waals surface area (Å²) in [6.45, 7) is 1.57. The van der Waals surface area contributed by atoms with Gasteiger partial charge in [-0.2, -0.15) is 0 Å². The van der Waals surface area contributed by atoms with Crippen molar-refractivity contribution >= 4 is 28.9 Å². The number of piperidine rings is 1. The standard InChI is InChI=1S/C13H16ClN3O3/c14-10-5-4-6-11(13(10)17(19)20)15-9-12(18)16-7-2-1-3-8-16/h4-6,15H,1-3,7-9H2. The number of amides is 1. The van der Waals surface area contributed by atoms with E-state index in [9.17, 15) is 14.9 Å².